The Kier molecular flexibility index (Phi) is 4.24. The van der Waals surface area contributed by atoms with E-state index in [2.05, 4.69) is 0 Å². The molecule has 1 unspecified atom stereocenters. The van der Waals surface area contributed by atoms with Crippen molar-refractivity contribution in [2.45, 2.75) is 22.3 Å². The molecular weight excluding hydrogens is 332 g/mol. The summed E-state index contributed by atoms with van der Waals surface area (Å²) in [6.45, 7) is 0.195. The number of thiophene rings is 1. The smallest absolute Gasteiger partial charge is 0.228 e. The molecular formula is C9H13ClN2O4S3. The summed E-state index contributed by atoms with van der Waals surface area (Å²) in [6.07, 6.45) is 0.857. The van der Waals surface area contributed by atoms with E-state index >= 15 is 0 Å². The molecule has 1 atom stereocenters. The molecule has 19 heavy (non-hydrogen) atoms. The standard InChI is InChI=1S/C9H13ClN2O4S3/c10-8-3-4-9(17-8)19(15,16)12-5-1-2-7(6-12)18(11,13)14/h3-4,7H,1-2,5-6H2,(H2,11,13,14). The minimum absolute atomic E-state index is 0.101. The van der Waals surface area contributed by atoms with Crippen molar-refractivity contribution in [2.24, 2.45) is 5.14 Å². The Balaban J connectivity index is 2.27. The summed E-state index contributed by atoms with van der Waals surface area (Å²) in [5.74, 6) is 0. The van der Waals surface area contributed by atoms with E-state index in [0.29, 0.717) is 23.7 Å². The Morgan fingerprint density at radius 1 is 1.32 bits per heavy atom. The summed E-state index contributed by atoms with van der Waals surface area (Å²) in [5, 5.41) is 4.25. The van der Waals surface area contributed by atoms with Crippen molar-refractivity contribution >= 4 is 43.0 Å². The van der Waals surface area contributed by atoms with Crippen LogP contribution < -0.4 is 5.14 Å². The highest BCUT2D eigenvalue weighted by atomic mass is 35.5. The summed E-state index contributed by atoms with van der Waals surface area (Å²) in [4.78, 5) is 0. The zero-order chi connectivity index (χ0) is 14.3. The van der Waals surface area contributed by atoms with Gasteiger partial charge in [-0.25, -0.2) is 22.0 Å². The van der Waals surface area contributed by atoms with Crippen molar-refractivity contribution in [2.75, 3.05) is 13.1 Å². The van der Waals surface area contributed by atoms with E-state index in [0.717, 1.165) is 15.6 Å². The minimum Gasteiger partial charge on any atom is -0.228 e. The fourth-order valence-electron chi connectivity index (χ4n) is 1.96. The third-order valence-corrected chi connectivity index (χ3v) is 7.83. The monoisotopic (exact) mass is 344 g/mol. The first-order valence-electron chi connectivity index (χ1n) is 5.48. The van der Waals surface area contributed by atoms with Crippen LogP contribution >= 0.6 is 22.9 Å². The van der Waals surface area contributed by atoms with Crippen molar-refractivity contribution in [3.05, 3.63) is 16.5 Å². The Hall–Kier alpha value is -0.190. The number of nitrogens with zero attached hydrogens (tertiary/aromatic N) is 1. The minimum atomic E-state index is -3.72. The summed E-state index contributed by atoms with van der Waals surface area (Å²) >= 11 is 6.68. The van der Waals surface area contributed by atoms with Gasteiger partial charge < -0.3 is 0 Å². The van der Waals surface area contributed by atoms with Crippen LogP contribution in [0, 0.1) is 0 Å². The van der Waals surface area contributed by atoms with Gasteiger partial charge >= 0.3 is 0 Å². The number of rotatable bonds is 3. The average Bonchev–Trinajstić information content (AvgIpc) is 2.76. The summed E-state index contributed by atoms with van der Waals surface area (Å²) in [5.41, 5.74) is 0. The second-order valence-corrected chi connectivity index (χ2v) is 10.00. The highest BCUT2D eigenvalue weighted by Crippen LogP contribution is 2.30. The SMILES string of the molecule is NS(=O)(=O)C1CCCN(S(=O)(=O)c2ccc(Cl)s2)C1. The molecule has 2 N–H and O–H groups in total. The predicted octanol–water partition coefficient (Wildman–Crippen LogP) is 0.843. The maximum Gasteiger partial charge on any atom is 0.252 e. The summed E-state index contributed by atoms with van der Waals surface area (Å²) in [7, 11) is -7.41. The molecule has 0 aromatic carbocycles. The fourth-order valence-corrected chi connectivity index (χ4v) is 6.09. The van der Waals surface area contributed by atoms with Crippen molar-refractivity contribution < 1.29 is 16.8 Å². The van der Waals surface area contributed by atoms with Gasteiger partial charge in [-0.15, -0.1) is 11.3 Å². The molecule has 0 saturated carbocycles. The highest BCUT2D eigenvalue weighted by molar-refractivity contribution is 7.91. The highest BCUT2D eigenvalue weighted by Gasteiger charge is 2.35. The molecule has 0 aliphatic carbocycles. The Morgan fingerprint density at radius 3 is 2.53 bits per heavy atom. The van der Waals surface area contributed by atoms with Crippen molar-refractivity contribution in [3.63, 3.8) is 0 Å². The van der Waals surface area contributed by atoms with Gasteiger partial charge in [0, 0.05) is 13.1 Å². The Labute approximate surface area is 121 Å². The van der Waals surface area contributed by atoms with Gasteiger partial charge in [0.15, 0.2) is 0 Å². The first-order valence-corrected chi connectivity index (χ1v) is 9.73. The number of hydrogen-bond donors (Lipinski definition) is 1. The summed E-state index contributed by atoms with van der Waals surface area (Å²) < 4.78 is 49.0. The molecule has 2 rings (SSSR count). The molecule has 1 fully saturated rings. The number of hydrogen-bond acceptors (Lipinski definition) is 5. The van der Waals surface area contributed by atoms with Gasteiger partial charge in [0.1, 0.15) is 4.21 Å². The van der Waals surface area contributed by atoms with Crippen LogP contribution in [0.2, 0.25) is 4.34 Å². The zero-order valence-corrected chi connectivity index (χ0v) is 13.0. The van der Waals surface area contributed by atoms with E-state index in [9.17, 15) is 16.8 Å². The maximum atomic E-state index is 12.3. The number of nitrogens with two attached hydrogens (primary N) is 1. The van der Waals surface area contributed by atoms with E-state index in [1.54, 1.807) is 0 Å². The van der Waals surface area contributed by atoms with Crippen LogP contribution in [0.4, 0.5) is 0 Å². The normalized spacial score (nSPS) is 22.5. The number of primary sulfonamides is 1. The Morgan fingerprint density at radius 2 is 2.00 bits per heavy atom. The lowest BCUT2D eigenvalue weighted by Crippen LogP contribution is -2.46. The zero-order valence-electron chi connectivity index (χ0n) is 9.82. The molecule has 2 heterocycles. The molecule has 1 saturated heterocycles. The van der Waals surface area contributed by atoms with Crippen LogP contribution in [-0.2, 0) is 20.0 Å². The average molecular weight is 345 g/mol. The molecule has 1 aromatic heterocycles. The first kappa shape index (κ1) is 15.2. The fraction of sp³-hybridized carbons (Fsp3) is 0.556. The van der Waals surface area contributed by atoms with Crippen LogP contribution in [-0.4, -0.2) is 39.5 Å². The predicted molar refractivity (Wildman–Crippen MR) is 74.2 cm³/mol. The van der Waals surface area contributed by atoms with Crippen LogP contribution in [0.3, 0.4) is 0 Å². The molecule has 1 aromatic rings. The van der Waals surface area contributed by atoms with Crippen molar-refractivity contribution in [1.29, 1.82) is 0 Å². The van der Waals surface area contributed by atoms with Gasteiger partial charge in [0.05, 0.1) is 9.59 Å². The van der Waals surface area contributed by atoms with Crippen molar-refractivity contribution in [1.82, 2.24) is 4.31 Å². The second-order valence-electron chi connectivity index (χ2n) is 4.27. The molecule has 1 aliphatic heterocycles. The molecule has 1 aliphatic rings. The van der Waals surface area contributed by atoms with Gasteiger partial charge in [-0.05, 0) is 25.0 Å². The molecule has 6 nitrogen and oxygen atoms in total. The first-order chi connectivity index (χ1) is 8.71. The van der Waals surface area contributed by atoms with Crippen LogP contribution in [0.1, 0.15) is 12.8 Å². The molecule has 0 spiro atoms. The third kappa shape index (κ3) is 3.29. The molecule has 108 valence electrons. The Bertz CT molecular complexity index is 667. The molecule has 10 heteroatoms. The van der Waals surface area contributed by atoms with E-state index in [1.807, 2.05) is 0 Å². The van der Waals surface area contributed by atoms with E-state index < -0.39 is 25.3 Å². The van der Waals surface area contributed by atoms with Crippen LogP contribution in [0.5, 0.6) is 0 Å². The van der Waals surface area contributed by atoms with E-state index in [-0.39, 0.29) is 10.8 Å². The lowest BCUT2D eigenvalue weighted by molar-refractivity contribution is 0.346. The topological polar surface area (TPSA) is 97.5 Å². The number of halogens is 1. The number of piperidine rings is 1. The van der Waals surface area contributed by atoms with E-state index in [1.165, 1.54) is 12.1 Å². The molecule has 0 amide bonds. The molecule has 0 bridgehead atoms. The van der Waals surface area contributed by atoms with Gasteiger partial charge in [0.25, 0.3) is 10.0 Å². The maximum absolute atomic E-state index is 12.3. The quantitative estimate of drug-likeness (QED) is 0.878. The lowest BCUT2D eigenvalue weighted by Gasteiger charge is -2.30. The third-order valence-electron chi connectivity index (χ3n) is 2.95. The van der Waals surface area contributed by atoms with E-state index in [4.69, 9.17) is 16.7 Å². The lowest BCUT2D eigenvalue weighted by atomic mass is 10.2. The van der Waals surface area contributed by atoms with Gasteiger partial charge in [-0.3, -0.25) is 0 Å². The van der Waals surface area contributed by atoms with Gasteiger partial charge in [0.2, 0.25) is 10.0 Å². The number of sulfonamides is 2. The van der Waals surface area contributed by atoms with Crippen LogP contribution in [0.15, 0.2) is 16.3 Å². The second kappa shape index (κ2) is 5.30. The molecule has 0 radical (unpaired) electrons. The van der Waals surface area contributed by atoms with Crippen molar-refractivity contribution in [3.8, 4) is 0 Å². The van der Waals surface area contributed by atoms with Gasteiger partial charge in [-0.2, -0.15) is 4.31 Å². The summed E-state index contributed by atoms with van der Waals surface area (Å²) in [6, 6.07) is 2.92. The van der Waals surface area contributed by atoms with Gasteiger partial charge in [-0.1, -0.05) is 11.6 Å². The largest absolute Gasteiger partial charge is 0.252 e. The van der Waals surface area contributed by atoms with Crippen LogP contribution in [0.25, 0.3) is 0 Å².